The lowest BCUT2D eigenvalue weighted by molar-refractivity contribution is 0.150. The molecule has 3 rings (SSSR count). The van der Waals surface area contributed by atoms with E-state index in [9.17, 15) is 0 Å². The van der Waals surface area contributed by atoms with E-state index in [4.69, 9.17) is 4.42 Å². The smallest absolute Gasteiger partial charge is 0.103 e. The van der Waals surface area contributed by atoms with Gasteiger partial charge in [-0.2, -0.15) is 0 Å². The standard InChI is InChI=1S/C15H21NO/c1-11(7-8-13-5-3-9-17-13)16-15-10-12-4-2-6-14(12)15/h2-3,5-6,9,11-12,14-16H,4,7-8,10H2,1H3. The molecule has 1 aromatic heterocycles. The Morgan fingerprint density at radius 3 is 3.24 bits per heavy atom. The fourth-order valence-electron chi connectivity index (χ4n) is 3.17. The zero-order chi connectivity index (χ0) is 11.7. The summed E-state index contributed by atoms with van der Waals surface area (Å²) in [5.41, 5.74) is 0. The van der Waals surface area contributed by atoms with Crippen LogP contribution < -0.4 is 5.32 Å². The minimum absolute atomic E-state index is 0.583. The van der Waals surface area contributed by atoms with E-state index in [-0.39, 0.29) is 0 Å². The number of hydrogen-bond acceptors (Lipinski definition) is 2. The lowest BCUT2D eigenvalue weighted by Gasteiger charge is -2.42. The van der Waals surface area contributed by atoms with Crippen LogP contribution in [-0.2, 0) is 6.42 Å². The van der Waals surface area contributed by atoms with Gasteiger partial charge in [0, 0.05) is 18.5 Å². The molecule has 0 aromatic carbocycles. The van der Waals surface area contributed by atoms with Gasteiger partial charge in [0.05, 0.1) is 6.26 Å². The third-order valence-electron chi connectivity index (χ3n) is 4.27. The van der Waals surface area contributed by atoms with Gasteiger partial charge < -0.3 is 9.73 Å². The molecule has 0 saturated heterocycles. The molecule has 2 aliphatic carbocycles. The van der Waals surface area contributed by atoms with Crippen molar-refractivity contribution in [3.63, 3.8) is 0 Å². The molecule has 0 spiro atoms. The molecular formula is C15H21NO. The van der Waals surface area contributed by atoms with Crippen molar-refractivity contribution in [1.29, 1.82) is 0 Å². The van der Waals surface area contributed by atoms with Crippen LogP contribution in [0.5, 0.6) is 0 Å². The molecule has 17 heavy (non-hydrogen) atoms. The van der Waals surface area contributed by atoms with Gasteiger partial charge in [-0.25, -0.2) is 0 Å². The van der Waals surface area contributed by atoms with E-state index in [0.29, 0.717) is 6.04 Å². The summed E-state index contributed by atoms with van der Waals surface area (Å²) < 4.78 is 5.36. The Labute approximate surface area is 103 Å². The van der Waals surface area contributed by atoms with Crippen molar-refractivity contribution in [2.24, 2.45) is 11.8 Å². The lowest BCUT2D eigenvalue weighted by Crippen LogP contribution is -2.51. The van der Waals surface area contributed by atoms with E-state index >= 15 is 0 Å². The minimum atomic E-state index is 0.583. The van der Waals surface area contributed by atoms with Gasteiger partial charge in [0.1, 0.15) is 5.76 Å². The quantitative estimate of drug-likeness (QED) is 0.787. The summed E-state index contributed by atoms with van der Waals surface area (Å²) in [7, 11) is 0. The lowest BCUT2D eigenvalue weighted by atomic mass is 9.71. The summed E-state index contributed by atoms with van der Waals surface area (Å²) in [5, 5.41) is 3.76. The number of fused-ring (bicyclic) bond motifs is 1. The highest BCUT2D eigenvalue weighted by atomic mass is 16.3. The zero-order valence-corrected chi connectivity index (χ0v) is 10.4. The highest BCUT2D eigenvalue weighted by molar-refractivity contribution is 5.13. The van der Waals surface area contributed by atoms with Gasteiger partial charge in [0.2, 0.25) is 0 Å². The third kappa shape index (κ3) is 2.32. The van der Waals surface area contributed by atoms with Gasteiger partial charge in [-0.15, -0.1) is 0 Å². The van der Waals surface area contributed by atoms with Crippen molar-refractivity contribution in [3.05, 3.63) is 36.3 Å². The zero-order valence-electron chi connectivity index (χ0n) is 10.4. The molecule has 0 aliphatic heterocycles. The predicted octanol–water partition coefficient (Wildman–Crippen LogP) is 3.15. The van der Waals surface area contributed by atoms with Crippen molar-refractivity contribution in [3.8, 4) is 0 Å². The second-order valence-electron chi connectivity index (χ2n) is 5.53. The van der Waals surface area contributed by atoms with Gasteiger partial charge in [0.25, 0.3) is 0 Å². The summed E-state index contributed by atoms with van der Waals surface area (Å²) in [4.78, 5) is 0. The fourth-order valence-corrected chi connectivity index (χ4v) is 3.17. The van der Waals surface area contributed by atoms with Crippen molar-refractivity contribution in [1.82, 2.24) is 5.32 Å². The average Bonchev–Trinajstić information content (AvgIpc) is 2.92. The number of aryl methyl sites for hydroxylation is 1. The molecule has 2 heteroatoms. The molecule has 0 bridgehead atoms. The number of allylic oxidation sites excluding steroid dienone is 1. The molecular weight excluding hydrogens is 210 g/mol. The van der Waals surface area contributed by atoms with Gasteiger partial charge in [-0.3, -0.25) is 0 Å². The summed E-state index contributed by atoms with van der Waals surface area (Å²) >= 11 is 0. The third-order valence-corrected chi connectivity index (χ3v) is 4.27. The largest absolute Gasteiger partial charge is 0.469 e. The first kappa shape index (κ1) is 11.1. The monoisotopic (exact) mass is 231 g/mol. The van der Waals surface area contributed by atoms with Crippen LogP contribution in [0.2, 0.25) is 0 Å². The van der Waals surface area contributed by atoms with Crippen LogP contribution in [0.15, 0.2) is 35.0 Å². The average molecular weight is 231 g/mol. The molecule has 1 N–H and O–H groups in total. The van der Waals surface area contributed by atoms with Crippen molar-refractivity contribution in [2.75, 3.05) is 0 Å². The SMILES string of the molecule is CC(CCc1ccco1)NC1CC2CC=CC21. The maximum absolute atomic E-state index is 5.36. The van der Waals surface area contributed by atoms with Crippen LogP contribution in [0.1, 0.15) is 31.9 Å². The van der Waals surface area contributed by atoms with Crippen LogP contribution in [0, 0.1) is 11.8 Å². The molecule has 2 nitrogen and oxygen atoms in total. The van der Waals surface area contributed by atoms with Crippen LogP contribution in [0.4, 0.5) is 0 Å². The molecule has 0 radical (unpaired) electrons. The summed E-state index contributed by atoms with van der Waals surface area (Å²) in [5.74, 6) is 2.87. The fraction of sp³-hybridized carbons (Fsp3) is 0.600. The van der Waals surface area contributed by atoms with E-state index in [1.807, 2.05) is 6.07 Å². The first-order valence-electron chi connectivity index (χ1n) is 6.78. The number of rotatable bonds is 5. The molecule has 92 valence electrons. The molecule has 1 aromatic rings. The van der Waals surface area contributed by atoms with Gasteiger partial charge >= 0.3 is 0 Å². The van der Waals surface area contributed by atoms with Gasteiger partial charge in [0.15, 0.2) is 0 Å². The van der Waals surface area contributed by atoms with Crippen LogP contribution in [-0.4, -0.2) is 12.1 Å². The normalized spacial score (nSPS) is 32.2. The van der Waals surface area contributed by atoms with Crippen molar-refractivity contribution >= 4 is 0 Å². The summed E-state index contributed by atoms with van der Waals surface area (Å²) in [6.07, 6.45) is 11.4. The molecule has 1 heterocycles. The van der Waals surface area contributed by atoms with Crippen LogP contribution in [0.25, 0.3) is 0 Å². The minimum Gasteiger partial charge on any atom is -0.469 e. The Bertz CT molecular complexity index is 382. The molecule has 4 atom stereocenters. The first-order valence-corrected chi connectivity index (χ1v) is 6.78. The Morgan fingerprint density at radius 2 is 2.47 bits per heavy atom. The van der Waals surface area contributed by atoms with Gasteiger partial charge in [-0.1, -0.05) is 12.2 Å². The second-order valence-corrected chi connectivity index (χ2v) is 5.53. The molecule has 2 aliphatic rings. The molecule has 4 unspecified atom stereocenters. The van der Waals surface area contributed by atoms with E-state index in [1.54, 1.807) is 6.26 Å². The van der Waals surface area contributed by atoms with Crippen molar-refractivity contribution in [2.45, 2.75) is 44.7 Å². The number of nitrogens with one attached hydrogen (secondary N) is 1. The predicted molar refractivity (Wildman–Crippen MR) is 68.8 cm³/mol. The molecule has 0 amide bonds. The van der Waals surface area contributed by atoms with Crippen molar-refractivity contribution < 1.29 is 4.42 Å². The highest BCUT2D eigenvalue weighted by Gasteiger charge is 2.41. The Kier molecular flexibility index (Phi) is 3.06. The Hall–Kier alpha value is -1.02. The topological polar surface area (TPSA) is 25.2 Å². The Balaban J connectivity index is 1.41. The highest BCUT2D eigenvalue weighted by Crippen LogP contribution is 2.42. The van der Waals surface area contributed by atoms with Crippen LogP contribution >= 0.6 is 0 Å². The maximum atomic E-state index is 5.36. The molecule has 1 saturated carbocycles. The van der Waals surface area contributed by atoms with E-state index in [0.717, 1.165) is 36.5 Å². The van der Waals surface area contributed by atoms with E-state index < -0.39 is 0 Å². The summed E-state index contributed by atoms with van der Waals surface area (Å²) in [6.45, 7) is 2.29. The first-order chi connectivity index (χ1) is 8.33. The number of furan rings is 1. The van der Waals surface area contributed by atoms with E-state index in [1.165, 1.54) is 12.8 Å². The van der Waals surface area contributed by atoms with Gasteiger partial charge in [-0.05, 0) is 50.2 Å². The Morgan fingerprint density at radius 1 is 1.53 bits per heavy atom. The maximum Gasteiger partial charge on any atom is 0.103 e. The van der Waals surface area contributed by atoms with Crippen LogP contribution in [0.3, 0.4) is 0 Å². The second kappa shape index (κ2) is 4.69. The summed E-state index contributed by atoms with van der Waals surface area (Å²) in [6, 6.07) is 5.34. The molecule has 1 fully saturated rings. The number of hydrogen-bond donors (Lipinski definition) is 1. The van der Waals surface area contributed by atoms with E-state index in [2.05, 4.69) is 30.5 Å².